The first kappa shape index (κ1) is 20.6. The normalized spacial score (nSPS) is 22.7. The second-order valence-corrected chi connectivity index (χ2v) is 9.85. The summed E-state index contributed by atoms with van der Waals surface area (Å²) >= 11 is 0. The third kappa shape index (κ3) is 4.41. The SMILES string of the molecule is CC1(C)CC(NC(=O)c2ccc3c(c2)CC(c2ccccc2)OC3=O)CC(C)(C)N1. The van der Waals surface area contributed by atoms with Crippen LogP contribution in [0.2, 0.25) is 0 Å². The lowest BCUT2D eigenvalue weighted by Crippen LogP contribution is -2.62. The number of hydrogen-bond acceptors (Lipinski definition) is 4. The van der Waals surface area contributed by atoms with E-state index in [0.29, 0.717) is 17.5 Å². The minimum Gasteiger partial charge on any atom is -0.454 e. The number of carbonyl (C=O) groups excluding carboxylic acids is 2. The molecule has 4 rings (SSSR count). The van der Waals surface area contributed by atoms with Crippen molar-refractivity contribution in [1.29, 1.82) is 0 Å². The number of cyclic esters (lactones) is 1. The van der Waals surface area contributed by atoms with E-state index in [1.54, 1.807) is 12.1 Å². The van der Waals surface area contributed by atoms with E-state index >= 15 is 0 Å². The first-order chi connectivity index (χ1) is 14.1. The van der Waals surface area contributed by atoms with Crippen molar-refractivity contribution in [3.63, 3.8) is 0 Å². The van der Waals surface area contributed by atoms with Crippen LogP contribution < -0.4 is 10.6 Å². The molecule has 2 aromatic rings. The van der Waals surface area contributed by atoms with Gasteiger partial charge in [-0.25, -0.2) is 4.79 Å². The Hall–Kier alpha value is -2.66. The minimum atomic E-state index is -0.334. The molecule has 2 aliphatic heterocycles. The number of ether oxygens (including phenoxy) is 1. The Morgan fingerprint density at radius 2 is 1.70 bits per heavy atom. The van der Waals surface area contributed by atoms with E-state index in [9.17, 15) is 9.59 Å². The van der Waals surface area contributed by atoms with Gasteiger partial charge < -0.3 is 15.4 Å². The Kier molecular flexibility index (Phi) is 5.18. The zero-order valence-corrected chi connectivity index (χ0v) is 18.1. The van der Waals surface area contributed by atoms with Crippen molar-refractivity contribution in [2.24, 2.45) is 0 Å². The summed E-state index contributed by atoms with van der Waals surface area (Å²) in [6, 6.07) is 15.1. The molecule has 0 radical (unpaired) electrons. The van der Waals surface area contributed by atoms with Gasteiger partial charge >= 0.3 is 5.97 Å². The molecule has 158 valence electrons. The highest BCUT2D eigenvalue weighted by atomic mass is 16.5. The van der Waals surface area contributed by atoms with Crippen LogP contribution in [-0.4, -0.2) is 29.0 Å². The van der Waals surface area contributed by atoms with E-state index in [-0.39, 0.29) is 35.1 Å². The van der Waals surface area contributed by atoms with Gasteiger partial charge in [0.05, 0.1) is 5.56 Å². The first-order valence-electron chi connectivity index (χ1n) is 10.6. The lowest BCUT2D eigenvalue weighted by molar-refractivity contribution is 0.0252. The summed E-state index contributed by atoms with van der Waals surface area (Å²) in [5, 5.41) is 6.85. The van der Waals surface area contributed by atoms with Crippen LogP contribution in [0.15, 0.2) is 48.5 Å². The Balaban J connectivity index is 1.52. The molecule has 2 aromatic carbocycles. The number of benzene rings is 2. The fraction of sp³-hybridized carbons (Fsp3) is 0.440. The maximum Gasteiger partial charge on any atom is 0.339 e. The highest BCUT2D eigenvalue weighted by Gasteiger charge is 2.38. The molecule has 1 saturated heterocycles. The Morgan fingerprint density at radius 3 is 2.37 bits per heavy atom. The average Bonchev–Trinajstić information content (AvgIpc) is 2.65. The lowest BCUT2D eigenvalue weighted by Gasteiger charge is -2.46. The van der Waals surface area contributed by atoms with Crippen molar-refractivity contribution in [2.75, 3.05) is 0 Å². The van der Waals surface area contributed by atoms with Gasteiger partial charge in [-0.1, -0.05) is 30.3 Å². The summed E-state index contributed by atoms with van der Waals surface area (Å²) < 4.78 is 5.62. The van der Waals surface area contributed by atoms with Gasteiger partial charge in [0.2, 0.25) is 0 Å². The third-order valence-electron chi connectivity index (χ3n) is 5.94. The standard InChI is InChI=1S/C25H30N2O3/c1-24(2)14-19(15-25(3,4)27-24)26-22(28)17-10-11-20-18(12-17)13-21(30-23(20)29)16-8-6-5-7-9-16/h5-12,19,21,27H,13-15H2,1-4H3,(H,26,28). The van der Waals surface area contributed by atoms with Gasteiger partial charge in [0.15, 0.2) is 0 Å². The molecule has 0 bridgehead atoms. The van der Waals surface area contributed by atoms with E-state index in [2.05, 4.69) is 38.3 Å². The number of carbonyl (C=O) groups is 2. The molecule has 1 fully saturated rings. The van der Waals surface area contributed by atoms with Gasteiger partial charge in [0.1, 0.15) is 6.10 Å². The van der Waals surface area contributed by atoms with Crippen LogP contribution in [-0.2, 0) is 11.2 Å². The van der Waals surface area contributed by atoms with Gasteiger partial charge in [0.25, 0.3) is 5.91 Å². The van der Waals surface area contributed by atoms with Crippen molar-refractivity contribution in [1.82, 2.24) is 10.6 Å². The van der Waals surface area contributed by atoms with Gasteiger partial charge in [-0.05, 0) is 69.9 Å². The molecule has 2 N–H and O–H groups in total. The predicted octanol–water partition coefficient (Wildman–Crippen LogP) is 4.18. The molecule has 0 aromatic heterocycles. The molecule has 1 atom stereocenters. The van der Waals surface area contributed by atoms with E-state index < -0.39 is 0 Å². The molecular formula is C25H30N2O3. The highest BCUT2D eigenvalue weighted by Crippen LogP contribution is 2.32. The maximum atomic E-state index is 13.0. The monoisotopic (exact) mass is 406 g/mol. The van der Waals surface area contributed by atoms with Gasteiger partial charge in [-0.3, -0.25) is 4.79 Å². The van der Waals surface area contributed by atoms with Crippen molar-refractivity contribution in [3.05, 3.63) is 70.8 Å². The zero-order chi connectivity index (χ0) is 21.5. The summed E-state index contributed by atoms with van der Waals surface area (Å²) in [4.78, 5) is 25.5. The third-order valence-corrected chi connectivity index (χ3v) is 5.94. The summed E-state index contributed by atoms with van der Waals surface area (Å²) in [7, 11) is 0. The van der Waals surface area contributed by atoms with Gasteiger partial charge in [-0.2, -0.15) is 0 Å². The van der Waals surface area contributed by atoms with Gasteiger partial charge in [0, 0.05) is 29.1 Å². The van der Waals surface area contributed by atoms with E-state index in [0.717, 1.165) is 24.0 Å². The van der Waals surface area contributed by atoms with Crippen LogP contribution in [0.1, 0.15) is 78.5 Å². The fourth-order valence-corrected chi connectivity index (χ4v) is 5.08. The number of hydrogen-bond donors (Lipinski definition) is 2. The molecule has 1 amide bonds. The highest BCUT2D eigenvalue weighted by molar-refractivity contribution is 5.98. The summed E-state index contributed by atoms with van der Waals surface area (Å²) in [5.41, 5.74) is 2.88. The molecule has 5 nitrogen and oxygen atoms in total. The number of fused-ring (bicyclic) bond motifs is 1. The Bertz CT molecular complexity index is 950. The van der Waals surface area contributed by atoms with Crippen LogP contribution in [0.3, 0.4) is 0 Å². The topological polar surface area (TPSA) is 67.4 Å². The fourth-order valence-electron chi connectivity index (χ4n) is 5.08. The Morgan fingerprint density at radius 1 is 1.03 bits per heavy atom. The number of esters is 1. The van der Waals surface area contributed by atoms with E-state index in [1.165, 1.54) is 0 Å². The molecule has 2 heterocycles. The zero-order valence-electron chi connectivity index (χ0n) is 18.1. The molecule has 1 unspecified atom stereocenters. The van der Waals surface area contributed by atoms with Crippen molar-refractivity contribution < 1.29 is 14.3 Å². The van der Waals surface area contributed by atoms with Crippen LogP contribution in [0.5, 0.6) is 0 Å². The number of piperidine rings is 1. The molecule has 0 spiro atoms. The van der Waals surface area contributed by atoms with Crippen molar-refractivity contribution in [3.8, 4) is 0 Å². The predicted molar refractivity (Wildman–Crippen MR) is 117 cm³/mol. The lowest BCUT2D eigenvalue weighted by atomic mass is 9.79. The molecular weight excluding hydrogens is 376 g/mol. The average molecular weight is 407 g/mol. The summed E-state index contributed by atoms with van der Waals surface area (Å²) in [6.07, 6.45) is 1.99. The number of amides is 1. The number of nitrogens with one attached hydrogen (secondary N) is 2. The molecule has 30 heavy (non-hydrogen) atoms. The van der Waals surface area contributed by atoms with Crippen LogP contribution in [0.25, 0.3) is 0 Å². The second-order valence-electron chi connectivity index (χ2n) is 9.85. The second kappa shape index (κ2) is 7.55. The first-order valence-corrected chi connectivity index (χ1v) is 10.6. The van der Waals surface area contributed by atoms with Crippen LogP contribution >= 0.6 is 0 Å². The summed E-state index contributed by atoms with van der Waals surface area (Å²) in [6.45, 7) is 8.67. The van der Waals surface area contributed by atoms with Crippen LogP contribution in [0.4, 0.5) is 0 Å². The quantitative estimate of drug-likeness (QED) is 0.751. The largest absolute Gasteiger partial charge is 0.454 e. The smallest absolute Gasteiger partial charge is 0.339 e. The molecule has 0 saturated carbocycles. The minimum absolute atomic E-state index is 0.0395. The van der Waals surface area contributed by atoms with E-state index in [1.807, 2.05) is 36.4 Å². The maximum absolute atomic E-state index is 13.0. The number of rotatable bonds is 3. The summed E-state index contributed by atoms with van der Waals surface area (Å²) in [5.74, 6) is -0.426. The van der Waals surface area contributed by atoms with Crippen LogP contribution in [0, 0.1) is 0 Å². The molecule has 5 heteroatoms. The van der Waals surface area contributed by atoms with Crippen molar-refractivity contribution >= 4 is 11.9 Å². The Labute approximate surface area is 178 Å². The van der Waals surface area contributed by atoms with E-state index in [4.69, 9.17) is 4.74 Å². The van der Waals surface area contributed by atoms with Crippen molar-refractivity contribution in [2.45, 2.75) is 70.2 Å². The van der Waals surface area contributed by atoms with Gasteiger partial charge in [-0.15, -0.1) is 0 Å². The molecule has 0 aliphatic carbocycles. The molecule has 2 aliphatic rings.